The highest BCUT2D eigenvalue weighted by Gasteiger charge is 2.31. The fourth-order valence-corrected chi connectivity index (χ4v) is 6.34. The third kappa shape index (κ3) is 6.59. The molecule has 1 aliphatic carbocycles. The number of allylic oxidation sites excluding steroid dienone is 1. The minimum Gasteiger partial charge on any atom is -0.496 e. The van der Waals surface area contributed by atoms with Crippen LogP contribution in [-0.4, -0.2) is 81.3 Å². The molecule has 2 saturated heterocycles. The normalized spacial score (nSPS) is 18.3. The van der Waals surface area contributed by atoms with Gasteiger partial charge in [0, 0.05) is 76.1 Å². The van der Waals surface area contributed by atoms with E-state index >= 15 is 0 Å². The quantitative estimate of drug-likeness (QED) is 0.377. The lowest BCUT2D eigenvalue weighted by atomic mass is 10.1. The molecule has 3 heterocycles. The first-order valence-corrected chi connectivity index (χ1v) is 15.8. The molecule has 0 bridgehead atoms. The van der Waals surface area contributed by atoms with E-state index in [9.17, 15) is 14.4 Å². The van der Waals surface area contributed by atoms with Crippen molar-refractivity contribution in [2.45, 2.75) is 45.4 Å². The van der Waals surface area contributed by atoms with Gasteiger partial charge in [0.1, 0.15) is 11.4 Å². The molecular weight excluding hydrogens is 556 g/mol. The number of likely N-dealkylation sites (tertiary alicyclic amines) is 1. The van der Waals surface area contributed by atoms with Crippen LogP contribution in [0, 0.1) is 12.8 Å². The molecule has 44 heavy (non-hydrogen) atoms. The summed E-state index contributed by atoms with van der Waals surface area (Å²) >= 11 is 0. The molecule has 2 aromatic carbocycles. The van der Waals surface area contributed by atoms with E-state index in [1.54, 1.807) is 13.2 Å². The minimum absolute atomic E-state index is 0.180. The Balaban J connectivity index is 1.20. The summed E-state index contributed by atoms with van der Waals surface area (Å²) in [7, 11) is 1.56. The van der Waals surface area contributed by atoms with Crippen LogP contribution < -0.4 is 25.2 Å². The third-order valence-electron chi connectivity index (χ3n) is 9.00. The van der Waals surface area contributed by atoms with Crippen molar-refractivity contribution in [3.63, 3.8) is 0 Å². The van der Waals surface area contributed by atoms with Crippen molar-refractivity contribution in [2.24, 2.45) is 10.9 Å². The maximum absolute atomic E-state index is 13.4. The standard InChI is InChI=1S/C34H42N6O4/c1-23-7-3-4-8-29(23)38-17-19-39(20-18-38)30-22-31(44-2)25(33(42)35-14-6-16-40-15-5-9-32(40)41)21-28(30)37-34(43)27-13-12-26(36-27)24-10-11-24/h3-4,7-8,13,21-22,24H,5-6,9-12,14-20H2,1-2H3,(H,35,42)(H,37,43). The number of nitrogens with zero attached hydrogens (tertiary/aromatic N) is 4. The average molecular weight is 599 g/mol. The van der Waals surface area contributed by atoms with Gasteiger partial charge in [-0.05, 0) is 62.3 Å². The number of aryl methyl sites for hydroxylation is 1. The molecule has 3 amide bonds. The fourth-order valence-electron chi connectivity index (χ4n) is 6.34. The molecule has 3 aliphatic heterocycles. The fraction of sp³-hybridized carbons (Fsp3) is 0.471. The predicted molar refractivity (Wildman–Crippen MR) is 173 cm³/mol. The van der Waals surface area contributed by atoms with Crippen LogP contribution >= 0.6 is 0 Å². The molecule has 0 atom stereocenters. The number of anilines is 3. The number of aliphatic imine (C=N–C) groups is 1. The first kappa shape index (κ1) is 29.7. The second-order valence-electron chi connectivity index (χ2n) is 12.0. The van der Waals surface area contributed by atoms with E-state index in [1.807, 2.05) is 17.0 Å². The van der Waals surface area contributed by atoms with Gasteiger partial charge in [-0.15, -0.1) is 0 Å². The van der Waals surface area contributed by atoms with Gasteiger partial charge >= 0.3 is 0 Å². The zero-order valence-electron chi connectivity index (χ0n) is 25.7. The third-order valence-corrected chi connectivity index (χ3v) is 9.00. The van der Waals surface area contributed by atoms with E-state index in [0.29, 0.717) is 54.5 Å². The van der Waals surface area contributed by atoms with Crippen LogP contribution in [0.2, 0.25) is 0 Å². The molecule has 0 spiro atoms. The number of nitrogens with one attached hydrogen (secondary N) is 2. The van der Waals surface area contributed by atoms with Crippen molar-refractivity contribution in [3.8, 4) is 5.75 Å². The van der Waals surface area contributed by atoms with E-state index in [0.717, 1.165) is 69.8 Å². The molecule has 10 heteroatoms. The monoisotopic (exact) mass is 598 g/mol. The minimum atomic E-state index is -0.282. The van der Waals surface area contributed by atoms with Crippen molar-refractivity contribution in [3.05, 3.63) is 59.3 Å². The van der Waals surface area contributed by atoms with Crippen molar-refractivity contribution in [1.82, 2.24) is 10.2 Å². The summed E-state index contributed by atoms with van der Waals surface area (Å²) in [6.45, 7) is 7.11. The number of rotatable bonds is 11. The summed E-state index contributed by atoms with van der Waals surface area (Å²) in [5, 5.41) is 6.07. The van der Waals surface area contributed by atoms with Crippen LogP contribution in [0.15, 0.2) is 53.2 Å². The number of carbonyl (C=O) groups is 3. The van der Waals surface area contributed by atoms with Crippen molar-refractivity contribution >= 4 is 40.5 Å². The SMILES string of the molecule is COc1cc(N2CCN(c3ccccc3C)CC2)c(NC(=O)C2=CCC(C3CC3)=N2)cc1C(=O)NCCCN1CCCC1=O. The number of benzene rings is 2. The highest BCUT2D eigenvalue weighted by Crippen LogP contribution is 2.37. The molecule has 0 unspecified atom stereocenters. The molecule has 10 nitrogen and oxygen atoms in total. The summed E-state index contributed by atoms with van der Waals surface area (Å²) in [5.74, 6) is 0.583. The Labute approximate surface area is 259 Å². The molecule has 0 aromatic heterocycles. The number of hydrogen-bond donors (Lipinski definition) is 2. The molecule has 232 valence electrons. The number of amides is 3. The van der Waals surface area contributed by atoms with Crippen LogP contribution in [0.3, 0.4) is 0 Å². The van der Waals surface area contributed by atoms with E-state index in [4.69, 9.17) is 4.74 Å². The lowest BCUT2D eigenvalue weighted by Crippen LogP contribution is -2.47. The van der Waals surface area contributed by atoms with Gasteiger partial charge in [-0.3, -0.25) is 19.4 Å². The van der Waals surface area contributed by atoms with Crippen molar-refractivity contribution in [1.29, 1.82) is 0 Å². The van der Waals surface area contributed by atoms with Gasteiger partial charge in [-0.25, -0.2) is 0 Å². The molecule has 2 aromatic rings. The number of methoxy groups -OCH3 is 1. The summed E-state index contributed by atoms with van der Waals surface area (Å²) in [6.07, 6.45) is 7.08. The molecule has 1 saturated carbocycles. The van der Waals surface area contributed by atoms with Crippen molar-refractivity contribution in [2.75, 3.05) is 68.0 Å². The van der Waals surface area contributed by atoms with Gasteiger partial charge < -0.3 is 30.1 Å². The molecule has 3 fully saturated rings. The zero-order chi connectivity index (χ0) is 30.6. The summed E-state index contributed by atoms with van der Waals surface area (Å²) in [4.78, 5) is 49.8. The van der Waals surface area contributed by atoms with E-state index in [-0.39, 0.29) is 17.7 Å². The van der Waals surface area contributed by atoms with E-state index in [2.05, 4.69) is 56.6 Å². The summed E-state index contributed by atoms with van der Waals surface area (Å²) in [6, 6.07) is 12.0. The van der Waals surface area contributed by atoms with Gasteiger partial charge in [-0.1, -0.05) is 18.2 Å². The maximum Gasteiger partial charge on any atom is 0.273 e. The van der Waals surface area contributed by atoms with E-state index in [1.165, 1.54) is 11.3 Å². The van der Waals surface area contributed by atoms with Gasteiger partial charge in [-0.2, -0.15) is 0 Å². The number of carbonyl (C=O) groups excluding carboxylic acids is 3. The topological polar surface area (TPSA) is 107 Å². The first-order valence-electron chi connectivity index (χ1n) is 15.8. The van der Waals surface area contributed by atoms with Crippen LogP contribution in [-0.2, 0) is 9.59 Å². The highest BCUT2D eigenvalue weighted by atomic mass is 16.5. The van der Waals surface area contributed by atoms with Crippen LogP contribution in [0.4, 0.5) is 17.1 Å². The predicted octanol–water partition coefficient (Wildman–Crippen LogP) is 4.15. The van der Waals surface area contributed by atoms with Crippen LogP contribution in [0.1, 0.15) is 54.4 Å². The second kappa shape index (κ2) is 13.1. The van der Waals surface area contributed by atoms with Crippen LogP contribution in [0.5, 0.6) is 5.75 Å². The Hall–Kier alpha value is -4.34. The van der Waals surface area contributed by atoms with Crippen LogP contribution in [0.25, 0.3) is 0 Å². The van der Waals surface area contributed by atoms with Gasteiger partial charge in [0.05, 0.1) is 24.0 Å². The lowest BCUT2D eigenvalue weighted by Gasteiger charge is -2.39. The zero-order valence-corrected chi connectivity index (χ0v) is 25.7. The molecule has 2 N–H and O–H groups in total. The summed E-state index contributed by atoms with van der Waals surface area (Å²) < 4.78 is 5.72. The van der Waals surface area contributed by atoms with Gasteiger partial charge in [0.25, 0.3) is 11.8 Å². The second-order valence-corrected chi connectivity index (χ2v) is 12.0. The first-order chi connectivity index (χ1) is 21.4. The molecular formula is C34H42N6O4. The number of piperazine rings is 1. The smallest absolute Gasteiger partial charge is 0.273 e. The van der Waals surface area contributed by atoms with E-state index < -0.39 is 0 Å². The summed E-state index contributed by atoms with van der Waals surface area (Å²) in [5.41, 5.74) is 5.72. The molecule has 4 aliphatic rings. The number of para-hydroxylation sites is 1. The van der Waals surface area contributed by atoms with Crippen molar-refractivity contribution < 1.29 is 19.1 Å². The highest BCUT2D eigenvalue weighted by molar-refractivity contribution is 6.10. The largest absolute Gasteiger partial charge is 0.496 e. The Bertz CT molecular complexity index is 1490. The molecule has 0 radical (unpaired) electrons. The maximum atomic E-state index is 13.4. The van der Waals surface area contributed by atoms with Gasteiger partial charge in [0.15, 0.2) is 0 Å². The Morgan fingerprint density at radius 3 is 2.43 bits per heavy atom. The Morgan fingerprint density at radius 2 is 1.75 bits per heavy atom. The Kier molecular flexibility index (Phi) is 8.86. The number of hydrogen-bond acceptors (Lipinski definition) is 7. The Morgan fingerprint density at radius 1 is 1.00 bits per heavy atom. The number of ether oxygens (including phenoxy) is 1. The average Bonchev–Trinajstić information content (AvgIpc) is 3.62. The lowest BCUT2D eigenvalue weighted by molar-refractivity contribution is -0.127. The molecule has 6 rings (SSSR count). The van der Waals surface area contributed by atoms with Gasteiger partial charge in [0.2, 0.25) is 5.91 Å².